The molecule has 2 aromatic rings. The smallest absolute Gasteiger partial charge is 0.273 e. The number of hydrogen-bond donors (Lipinski definition) is 0. The van der Waals surface area contributed by atoms with Gasteiger partial charge >= 0.3 is 0 Å². The lowest BCUT2D eigenvalue weighted by molar-refractivity contribution is -0.0407. The predicted molar refractivity (Wildman–Crippen MR) is 103 cm³/mol. The van der Waals surface area contributed by atoms with Crippen molar-refractivity contribution >= 4 is 18.7 Å². The van der Waals surface area contributed by atoms with Gasteiger partial charge in [0.1, 0.15) is 0 Å². The first-order valence-corrected chi connectivity index (χ1v) is 10.4. The summed E-state index contributed by atoms with van der Waals surface area (Å²) in [6, 6.07) is 19.6. The van der Waals surface area contributed by atoms with E-state index < -0.39 is 20.8 Å². The molecular weight excluding hydrogens is 334 g/mol. The quantitative estimate of drug-likeness (QED) is 0.510. The molecule has 0 aliphatic rings. The van der Waals surface area contributed by atoms with Gasteiger partial charge in [0.15, 0.2) is 0 Å². The lowest BCUT2D eigenvalue weighted by Crippen LogP contribution is -2.67. The van der Waals surface area contributed by atoms with Gasteiger partial charge in [-0.3, -0.25) is 0 Å². The van der Waals surface area contributed by atoms with Gasteiger partial charge in [0, 0.05) is 6.42 Å². The molecule has 0 bridgehead atoms. The molecule has 0 spiro atoms. The van der Waals surface area contributed by atoms with Gasteiger partial charge in [-0.05, 0) is 15.4 Å². The van der Waals surface area contributed by atoms with Crippen molar-refractivity contribution < 1.29 is 13.2 Å². The minimum atomic E-state index is -2.92. The fourth-order valence-electron chi connectivity index (χ4n) is 3.25. The molecule has 1 nitrogen and oxygen atoms in total. The molecule has 2 aromatic carbocycles. The first-order valence-electron chi connectivity index (χ1n) is 8.47. The summed E-state index contributed by atoms with van der Waals surface area (Å²) in [7, 11) is -2.90. The van der Waals surface area contributed by atoms with Crippen molar-refractivity contribution in [1.82, 2.24) is 0 Å². The van der Waals surface area contributed by atoms with Gasteiger partial charge in [-0.1, -0.05) is 87.5 Å². The van der Waals surface area contributed by atoms with Crippen LogP contribution in [0.3, 0.4) is 0 Å². The van der Waals surface area contributed by atoms with E-state index in [2.05, 4.69) is 27.4 Å². The van der Waals surface area contributed by atoms with Gasteiger partial charge < -0.3 is 4.43 Å². The van der Waals surface area contributed by atoms with Crippen LogP contribution in [0, 0.1) is 0 Å². The van der Waals surface area contributed by atoms with Crippen LogP contribution in [0.2, 0.25) is 5.04 Å². The molecule has 0 saturated carbocycles. The van der Waals surface area contributed by atoms with Crippen molar-refractivity contribution in [1.29, 1.82) is 0 Å². The Hall–Kier alpha value is -1.78. The summed E-state index contributed by atoms with van der Waals surface area (Å²) in [6.45, 7) is 9.05. The molecule has 4 heteroatoms. The third-order valence-electron chi connectivity index (χ3n) is 4.36. The predicted octanol–water partition coefficient (Wildman–Crippen LogP) is 4.77. The van der Waals surface area contributed by atoms with Crippen LogP contribution in [0.5, 0.6) is 0 Å². The Bertz CT molecular complexity index is 639. The second-order valence-electron chi connectivity index (χ2n) is 7.30. The van der Waals surface area contributed by atoms with Gasteiger partial charge in [0.25, 0.3) is 14.2 Å². The number of allylic oxidation sites excluding steroid dienone is 1. The van der Waals surface area contributed by atoms with Crippen LogP contribution in [0.4, 0.5) is 8.78 Å². The Morgan fingerprint density at radius 3 is 1.72 bits per heavy atom. The van der Waals surface area contributed by atoms with Gasteiger partial charge in [0.05, 0.1) is 6.61 Å². The number of halogens is 2. The molecule has 2 rings (SSSR count). The minimum Gasteiger partial charge on any atom is -0.401 e. The molecule has 0 unspecified atom stereocenters. The first-order chi connectivity index (χ1) is 11.7. The Balaban J connectivity index is 2.59. The van der Waals surface area contributed by atoms with E-state index in [0.717, 1.165) is 10.4 Å². The van der Waals surface area contributed by atoms with Crippen LogP contribution in [0.1, 0.15) is 27.2 Å². The third-order valence-corrected chi connectivity index (χ3v) is 9.34. The van der Waals surface area contributed by atoms with Gasteiger partial charge in [-0.25, -0.2) is 8.78 Å². The largest absolute Gasteiger partial charge is 0.401 e. The maximum Gasteiger partial charge on any atom is 0.273 e. The zero-order valence-corrected chi connectivity index (χ0v) is 16.1. The van der Waals surface area contributed by atoms with Crippen molar-refractivity contribution in [3.05, 3.63) is 73.3 Å². The van der Waals surface area contributed by atoms with Crippen LogP contribution in [-0.2, 0) is 4.43 Å². The summed E-state index contributed by atoms with van der Waals surface area (Å²) < 4.78 is 34.6. The number of rotatable bonds is 7. The maximum absolute atomic E-state index is 14.2. The van der Waals surface area contributed by atoms with E-state index >= 15 is 0 Å². The van der Waals surface area contributed by atoms with E-state index in [9.17, 15) is 8.78 Å². The maximum atomic E-state index is 14.2. The Labute approximate surface area is 150 Å². The van der Waals surface area contributed by atoms with E-state index in [1.54, 1.807) is 0 Å². The fraction of sp³-hybridized carbons (Fsp3) is 0.333. The summed E-state index contributed by atoms with van der Waals surface area (Å²) in [5.41, 5.74) is 0. The van der Waals surface area contributed by atoms with E-state index in [1.165, 1.54) is 6.08 Å². The van der Waals surface area contributed by atoms with Crippen molar-refractivity contribution in [2.75, 3.05) is 6.61 Å². The molecule has 0 aromatic heterocycles. The Kier molecular flexibility index (Phi) is 5.96. The number of benzene rings is 2. The molecule has 0 aliphatic heterocycles. The summed E-state index contributed by atoms with van der Waals surface area (Å²) in [5.74, 6) is -2.92. The van der Waals surface area contributed by atoms with E-state index in [-0.39, 0.29) is 11.5 Å². The molecule has 0 amide bonds. The van der Waals surface area contributed by atoms with Gasteiger partial charge in [-0.2, -0.15) is 0 Å². The molecule has 0 fully saturated rings. The fourth-order valence-corrected chi connectivity index (χ4v) is 7.83. The molecular formula is C21H26F2OSi. The zero-order chi connectivity index (χ0) is 18.6. The topological polar surface area (TPSA) is 9.23 Å². The van der Waals surface area contributed by atoms with Crippen LogP contribution in [0.25, 0.3) is 0 Å². The van der Waals surface area contributed by atoms with Gasteiger partial charge in [-0.15, -0.1) is 6.58 Å². The van der Waals surface area contributed by atoms with Crippen LogP contribution in [0.15, 0.2) is 73.3 Å². The Morgan fingerprint density at radius 2 is 1.36 bits per heavy atom. The average molecular weight is 361 g/mol. The number of hydrogen-bond acceptors (Lipinski definition) is 1. The molecule has 134 valence electrons. The molecule has 0 atom stereocenters. The van der Waals surface area contributed by atoms with E-state index in [0.29, 0.717) is 0 Å². The lowest BCUT2D eigenvalue weighted by Gasteiger charge is -2.43. The summed E-state index contributed by atoms with van der Waals surface area (Å²) in [5, 5.41) is 1.70. The molecule has 0 N–H and O–H groups in total. The van der Waals surface area contributed by atoms with Crippen LogP contribution >= 0.6 is 0 Å². The van der Waals surface area contributed by atoms with E-state index in [1.807, 2.05) is 60.7 Å². The van der Waals surface area contributed by atoms with Crippen molar-refractivity contribution in [3.63, 3.8) is 0 Å². The highest BCUT2D eigenvalue weighted by atomic mass is 28.4. The summed E-state index contributed by atoms with van der Waals surface area (Å²) >= 11 is 0. The molecule has 0 aliphatic carbocycles. The summed E-state index contributed by atoms with van der Waals surface area (Å²) in [4.78, 5) is 0. The van der Waals surface area contributed by atoms with Crippen LogP contribution in [-0.4, -0.2) is 20.8 Å². The van der Waals surface area contributed by atoms with E-state index in [4.69, 9.17) is 4.43 Å². The highest BCUT2D eigenvalue weighted by molar-refractivity contribution is 6.99. The average Bonchev–Trinajstić information content (AvgIpc) is 2.56. The van der Waals surface area contributed by atoms with Crippen molar-refractivity contribution in [2.45, 2.75) is 38.2 Å². The highest BCUT2D eigenvalue weighted by Gasteiger charge is 2.51. The second-order valence-corrected chi connectivity index (χ2v) is 11.6. The molecule has 0 saturated heterocycles. The van der Waals surface area contributed by atoms with Gasteiger partial charge in [0.2, 0.25) is 0 Å². The molecule has 0 radical (unpaired) electrons. The lowest BCUT2D eigenvalue weighted by atomic mass is 10.2. The SMILES string of the molecule is C=CCC(F)(F)CO[Si](c1ccccc1)(c1ccccc1)C(C)(C)C. The van der Waals surface area contributed by atoms with Crippen molar-refractivity contribution in [2.24, 2.45) is 0 Å². The standard InChI is InChI=1S/C21H26F2OSi/c1-5-16-21(22,23)17-24-25(20(2,3)4,18-12-8-6-9-13-18)19-14-10-7-11-15-19/h5-15H,1,16-17H2,2-4H3. The first kappa shape index (κ1) is 19.5. The zero-order valence-electron chi connectivity index (χ0n) is 15.1. The summed E-state index contributed by atoms with van der Waals surface area (Å²) in [6.07, 6.45) is 0.861. The monoisotopic (exact) mass is 360 g/mol. The minimum absolute atomic E-state index is 0.306. The Morgan fingerprint density at radius 1 is 0.920 bits per heavy atom. The highest BCUT2D eigenvalue weighted by Crippen LogP contribution is 2.37. The number of alkyl halides is 2. The van der Waals surface area contributed by atoms with Crippen molar-refractivity contribution in [3.8, 4) is 0 Å². The normalized spacial score (nSPS) is 12.8. The second kappa shape index (κ2) is 7.62. The third kappa shape index (κ3) is 4.25. The molecule has 25 heavy (non-hydrogen) atoms. The van der Waals surface area contributed by atoms with Crippen LogP contribution < -0.4 is 10.4 Å². The molecule has 0 heterocycles.